The summed E-state index contributed by atoms with van der Waals surface area (Å²) in [6.07, 6.45) is -5.40. The average molecular weight is 391 g/mol. The molecular weight excluding hydrogens is 370 g/mol. The van der Waals surface area contributed by atoms with Crippen LogP contribution in [0.5, 0.6) is 0 Å². The number of hydrogen-bond donors (Lipinski definition) is 2. The minimum atomic E-state index is -4.56. The first-order chi connectivity index (χ1) is 12.3. The molecule has 2 rings (SSSR count). The highest BCUT2D eigenvalue weighted by atomic mass is 19.4. The molecular formula is C17H21F4N3O3. The summed E-state index contributed by atoms with van der Waals surface area (Å²) in [5.41, 5.74) is -0.605. The molecule has 0 bridgehead atoms. The van der Waals surface area contributed by atoms with Crippen molar-refractivity contribution in [2.45, 2.75) is 51.6 Å². The third-order valence-corrected chi connectivity index (χ3v) is 3.91. The summed E-state index contributed by atoms with van der Waals surface area (Å²) < 4.78 is 57.6. The smallest absolute Gasteiger partial charge is 0.412 e. The van der Waals surface area contributed by atoms with E-state index in [1.807, 2.05) is 5.32 Å². The molecule has 1 saturated heterocycles. The van der Waals surface area contributed by atoms with E-state index in [4.69, 9.17) is 4.74 Å². The number of amides is 3. The van der Waals surface area contributed by atoms with Gasteiger partial charge in [-0.15, -0.1) is 0 Å². The monoisotopic (exact) mass is 391 g/mol. The Hall–Kier alpha value is -2.52. The first-order valence-corrected chi connectivity index (χ1v) is 8.21. The van der Waals surface area contributed by atoms with Crippen LogP contribution in [0.25, 0.3) is 0 Å². The Morgan fingerprint density at radius 3 is 2.44 bits per heavy atom. The zero-order chi connectivity index (χ0) is 20.6. The van der Waals surface area contributed by atoms with Gasteiger partial charge in [-0.1, -0.05) is 6.07 Å². The molecule has 0 saturated carbocycles. The first-order valence-electron chi connectivity index (χ1n) is 8.21. The second-order valence-corrected chi connectivity index (χ2v) is 7.24. The maximum absolute atomic E-state index is 14.3. The maximum Gasteiger partial charge on any atom is 0.412 e. The number of urea groups is 1. The number of hydrogen-bond acceptors (Lipinski definition) is 3. The molecule has 27 heavy (non-hydrogen) atoms. The van der Waals surface area contributed by atoms with Crippen LogP contribution in [0.2, 0.25) is 0 Å². The lowest BCUT2D eigenvalue weighted by Crippen LogP contribution is -2.40. The van der Waals surface area contributed by atoms with Crippen molar-refractivity contribution in [1.29, 1.82) is 0 Å². The molecule has 0 radical (unpaired) electrons. The third kappa shape index (κ3) is 5.24. The van der Waals surface area contributed by atoms with E-state index in [2.05, 4.69) is 5.32 Å². The van der Waals surface area contributed by atoms with Crippen molar-refractivity contribution >= 4 is 17.8 Å². The van der Waals surface area contributed by atoms with Gasteiger partial charge in [0.15, 0.2) is 0 Å². The zero-order valence-electron chi connectivity index (χ0n) is 15.3. The Balaban J connectivity index is 2.11. The van der Waals surface area contributed by atoms with Gasteiger partial charge < -0.3 is 15.0 Å². The van der Waals surface area contributed by atoms with Gasteiger partial charge in [-0.05, 0) is 45.4 Å². The van der Waals surface area contributed by atoms with Gasteiger partial charge in [0.1, 0.15) is 17.5 Å². The number of anilines is 1. The molecule has 1 aliphatic heterocycles. The Kier molecular flexibility index (Phi) is 5.58. The molecule has 0 aromatic heterocycles. The standard InChI is InChI=1S/C17H21F4N3O3/c1-9(24-8-13(17(19,20)21)23-14(24)25)10-5-6-12(11(18)7-10)22-15(26)27-16(2,3)4/h5-7,9,13H,8H2,1-4H3,(H,22,26)(H,23,25)/t9-,13+/m1/s1. The number of alkyl halides is 3. The van der Waals surface area contributed by atoms with Gasteiger partial charge in [0.05, 0.1) is 18.3 Å². The number of rotatable bonds is 3. The fourth-order valence-electron chi connectivity index (χ4n) is 2.56. The van der Waals surface area contributed by atoms with Crippen molar-refractivity contribution in [3.8, 4) is 0 Å². The highest BCUT2D eigenvalue weighted by Gasteiger charge is 2.48. The Labute approximate surface area is 153 Å². The van der Waals surface area contributed by atoms with Crippen LogP contribution < -0.4 is 10.6 Å². The average Bonchev–Trinajstić information content (AvgIpc) is 2.88. The summed E-state index contributed by atoms with van der Waals surface area (Å²) in [7, 11) is 0. The minimum Gasteiger partial charge on any atom is -0.444 e. The van der Waals surface area contributed by atoms with Crippen LogP contribution in [0.1, 0.15) is 39.3 Å². The molecule has 10 heteroatoms. The molecule has 6 nitrogen and oxygen atoms in total. The summed E-state index contributed by atoms with van der Waals surface area (Å²) in [6.45, 7) is 5.90. The molecule has 1 fully saturated rings. The summed E-state index contributed by atoms with van der Waals surface area (Å²) in [4.78, 5) is 24.5. The molecule has 0 unspecified atom stereocenters. The molecule has 3 amide bonds. The molecule has 0 aliphatic carbocycles. The van der Waals surface area contributed by atoms with Crippen molar-refractivity contribution < 1.29 is 31.9 Å². The lowest BCUT2D eigenvalue weighted by atomic mass is 10.1. The van der Waals surface area contributed by atoms with Crippen LogP contribution in [0, 0.1) is 5.82 Å². The Morgan fingerprint density at radius 2 is 1.96 bits per heavy atom. The van der Waals surface area contributed by atoms with Crippen molar-refractivity contribution in [2.75, 3.05) is 11.9 Å². The van der Waals surface area contributed by atoms with Gasteiger partial charge in [0.25, 0.3) is 0 Å². The predicted molar refractivity (Wildman–Crippen MR) is 89.8 cm³/mol. The van der Waals surface area contributed by atoms with Crippen molar-refractivity contribution in [2.24, 2.45) is 0 Å². The molecule has 2 N–H and O–H groups in total. The normalized spacial score (nSPS) is 18.9. The molecule has 1 heterocycles. The fraction of sp³-hybridized carbons (Fsp3) is 0.529. The van der Waals surface area contributed by atoms with Crippen LogP contribution in [0.3, 0.4) is 0 Å². The van der Waals surface area contributed by atoms with E-state index in [-0.39, 0.29) is 5.69 Å². The van der Waals surface area contributed by atoms with Crippen molar-refractivity contribution in [3.05, 3.63) is 29.6 Å². The van der Waals surface area contributed by atoms with Gasteiger partial charge in [-0.2, -0.15) is 13.2 Å². The molecule has 2 atom stereocenters. The molecule has 1 aromatic carbocycles. The fourth-order valence-corrected chi connectivity index (χ4v) is 2.56. The summed E-state index contributed by atoms with van der Waals surface area (Å²) in [5, 5.41) is 4.12. The number of carbonyl (C=O) groups excluding carboxylic acids is 2. The van der Waals surface area contributed by atoms with Crippen molar-refractivity contribution in [3.63, 3.8) is 0 Å². The molecule has 150 valence electrons. The largest absolute Gasteiger partial charge is 0.444 e. The van der Waals surface area contributed by atoms with Crippen LogP contribution in [0.15, 0.2) is 18.2 Å². The third-order valence-electron chi connectivity index (χ3n) is 3.91. The van der Waals surface area contributed by atoms with Gasteiger partial charge >= 0.3 is 18.3 Å². The van der Waals surface area contributed by atoms with E-state index in [1.54, 1.807) is 20.8 Å². The predicted octanol–water partition coefficient (Wildman–Crippen LogP) is 4.19. The van der Waals surface area contributed by atoms with E-state index in [1.165, 1.54) is 19.1 Å². The molecule has 1 aromatic rings. The van der Waals surface area contributed by atoms with Gasteiger partial charge in [-0.3, -0.25) is 5.32 Å². The SMILES string of the molecule is C[C@H](c1ccc(NC(=O)OC(C)(C)C)c(F)c1)N1C[C@@H](C(F)(F)F)NC1=O. The minimum absolute atomic E-state index is 0.140. The zero-order valence-corrected chi connectivity index (χ0v) is 15.3. The number of ether oxygens (including phenoxy) is 1. The van der Waals surface area contributed by atoms with E-state index in [0.717, 1.165) is 11.0 Å². The van der Waals surface area contributed by atoms with E-state index >= 15 is 0 Å². The van der Waals surface area contributed by atoms with E-state index in [9.17, 15) is 27.2 Å². The number of nitrogens with one attached hydrogen (secondary N) is 2. The molecule has 0 spiro atoms. The first kappa shape index (κ1) is 20.8. The van der Waals surface area contributed by atoms with E-state index < -0.39 is 48.3 Å². The summed E-state index contributed by atoms with van der Waals surface area (Å²) in [6, 6.07) is 0.120. The van der Waals surface area contributed by atoms with Crippen LogP contribution in [-0.2, 0) is 4.74 Å². The second-order valence-electron chi connectivity index (χ2n) is 7.24. The summed E-state index contributed by atoms with van der Waals surface area (Å²) in [5.74, 6) is -0.794. The van der Waals surface area contributed by atoms with Gasteiger partial charge in [0, 0.05) is 0 Å². The quantitative estimate of drug-likeness (QED) is 0.759. The maximum atomic E-state index is 14.3. The number of benzene rings is 1. The highest BCUT2D eigenvalue weighted by molar-refractivity contribution is 5.85. The highest BCUT2D eigenvalue weighted by Crippen LogP contribution is 2.31. The molecule has 1 aliphatic rings. The number of carbonyl (C=O) groups is 2. The van der Waals surface area contributed by atoms with E-state index in [0.29, 0.717) is 5.56 Å². The number of halogens is 4. The van der Waals surface area contributed by atoms with Crippen LogP contribution in [-0.4, -0.2) is 41.4 Å². The van der Waals surface area contributed by atoms with Gasteiger partial charge in [0.2, 0.25) is 0 Å². The topological polar surface area (TPSA) is 70.7 Å². The number of nitrogens with zero attached hydrogens (tertiary/aromatic N) is 1. The lowest BCUT2D eigenvalue weighted by Gasteiger charge is -2.24. The van der Waals surface area contributed by atoms with Gasteiger partial charge in [-0.25, -0.2) is 14.0 Å². The van der Waals surface area contributed by atoms with Crippen LogP contribution >= 0.6 is 0 Å². The van der Waals surface area contributed by atoms with Crippen LogP contribution in [0.4, 0.5) is 32.8 Å². The Bertz CT molecular complexity index is 731. The lowest BCUT2D eigenvalue weighted by molar-refractivity contribution is -0.150. The van der Waals surface area contributed by atoms with Crippen molar-refractivity contribution in [1.82, 2.24) is 10.2 Å². The Morgan fingerprint density at radius 1 is 1.33 bits per heavy atom. The summed E-state index contributed by atoms with van der Waals surface area (Å²) >= 11 is 0. The second kappa shape index (κ2) is 7.24.